The van der Waals surface area contributed by atoms with Crippen LogP contribution in [0.5, 0.6) is 5.75 Å². The molecule has 0 aliphatic heterocycles. The van der Waals surface area contributed by atoms with Gasteiger partial charge < -0.3 is 10.1 Å². The van der Waals surface area contributed by atoms with Crippen LogP contribution in [0.15, 0.2) is 47.4 Å². The molecule has 0 spiro atoms. The second-order valence-corrected chi connectivity index (χ2v) is 8.88. The molecule has 1 amide bonds. The molecule has 0 aromatic heterocycles. The first-order chi connectivity index (χ1) is 13.8. The Morgan fingerprint density at radius 2 is 1.83 bits per heavy atom. The smallest absolute Gasteiger partial charge is 0.243 e. The summed E-state index contributed by atoms with van der Waals surface area (Å²) in [7, 11) is -2.20. The predicted octanol–water partition coefficient (Wildman–Crippen LogP) is 3.61. The highest BCUT2D eigenvalue weighted by Gasteiger charge is 2.44. The summed E-state index contributed by atoms with van der Waals surface area (Å²) in [6.07, 6.45) is 0.664. The average Bonchev–Trinajstić information content (AvgIpc) is 3.50. The van der Waals surface area contributed by atoms with Gasteiger partial charge in [0.1, 0.15) is 11.6 Å². The van der Waals surface area contributed by atoms with Crippen molar-refractivity contribution in [2.24, 2.45) is 5.92 Å². The molecule has 1 aliphatic rings. The Hall–Kier alpha value is -2.45. The molecule has 29 heavy (non-hydrogen) atoms. The van der Waals surface area contributed by atoms with Crippen LogP contribution in [0.4, 0.5) is 10.1 Å². The minimum Gasteiger partial charge on any atom is -0.495 e. The summed E-state index contributed by atoms with van der Waals surface area (Å²) in [4.78, 5) is 12.8. The van der Waals surface area contributed by atoms with Crippen molar-refractivity contribution in [3.8, 4) is 5.75 Å². The number of hydrogen-bond acceptors (Lipinski definition) is 4. The van der Waals surface area contributed by atoms with E-state index >= 15 is 0 Å². The first kappa shape index (κ1) is 21.3. The number of rotatable bonds is 8. The summed E-state index contributed by atoms with van der Waals surface area (Å²) in [6, 6.07) is 10.6. The monoisotopic (exact) mass is 420 g/mol. The second-order valence-electron chi connectivity index (χ2n) is 6.94. The number of benzene rings is 2. The number of nitrogens with one attached hydrogen (secondary N) is 1. The zero-order valence-corrected chi connectivity index (χ0v) is 17.5. The van der Waals surface area contributed by atoms with Crippen molar-refractivity contribution in [2.45, 2.75) is 31.1 Å². The van der Waals surface area contributed by atoms with Crippen LogP contribution in [0.1, 0.15) is 31.7 Å². The highest BCUT2D eigenvalue weighted by Crippen LogP contribution is 2.48. The van der Waals surface area contributed by atoms with Crippen LogP contribution in [0.2, 0.25) is 0 Å². The fourth-order valence-corrected chi connectivity index (χ4v) is 4.93. The molecular formula is C21H25FN2O4S. The van der Waals surface area contributed by atoms with Crippen molar-refractivity contribution in [1.82, 2.24) is 4.31 Å². The van der Waals surface area contributed by atoms with Crippen molar-refractivity contribution in [3.63, 3.8) is 0 Å². The van der Waals surface area contributed by atoms with E-state index in [1.807, 2.05) is 0 Å². The molecule has 6 nitrogen and oxygen atoms in total. The molecule has 1 fully saturated rings. The summed E-state index contributed by atoms with van der Waals surface area (Å²) in [6.45, 7) is 4.26. The predicted molar refractivity (Wildman–Crippen MR) is 109 cm³/mol. The van der Waals surface area contributed by atoms with E-state index in [1.165, 1.54) is 41.7 Å². The van der Waals surface area contributed by atoms with E-state index in [0.29, 0.717) is 30.9 Å². The van der Waals surface area contributed by atoms with E-state index in [2.05, 4.69) is 5.32 Å². The van der Waals surface area contributed by atoms with Crippen LogP contribution >= 0.6 is 0 Å². The Kier molecular flexibility index (Phi) is 6.24. The third kappa shape index (κ3) is 4.43. The minimum atomic E-state index is -3.66. The molecule has 3 rings (SSSR count). The van der Waals surface area contributed by atoms with Gasteiger partial charge in [0.15, 0.2) is 0 Å². The topological polar surface area (TPSA) is 75.7 Å². The number of amides is 1. The van der Waals surface area contributed by atoms with E-state index in [4.69, 9.17) is 4.74 Å². The Morgan fingerprint density at radius 3 is 2.41 bits per heavy atom. The highest BCUT2D eigenvalue weighted by molar-refractivity contribution is 7.89. The van der Waals surface area contributed by atoms with Crippen molar-refractivity contribution < 1.29 is 22.3 Å². The SMILES string of the molecule is CCN(CC)S(=O)(=O)c1ccc(OC)c(NC(=O)C2CC2c2ccc(F)cc2)c1. The van der Waals surface area contributed by atoms with Crippen molar-refractivity contribution in [3.05, 3.63) is 53.8 Å². The molecule has 1 saturated carbocycles. The van der Waals surface area contributed by atoms with Gasteiger partial charge in [-0.15, -0.1) is 0 Å². The summed E-state index contributed by atoms with van der Waals surface area (Å²) in [5.41, 5.74) is 1.23. The third-order valence-corrected chi connectivity index (χ3v) is 7.24. The maximum atomic E-state index is 13.1. The number of sulfonamides is 1. The molecule has 0 radical (unpaired) electrons. The zero-order chi connectivity index (χ0) is 21.2. The summed E-state index contributed by atoms with van der Waals surface area (Å²) < 4.78 is 45.3. The lowest BCUT2D eigenvalue weighted by molar-refractivity contribution is -0.117. The largest absolute Gasteiger partial charge is 0.495 e. The van der Waals surface area contributed by atoms with Gasteiger partial charge in [0.05, 0.1) is 17.7 Å². The van der Waals surface area contributed by atoms with E-state index < -0.39 is 10.0 Å². The zero-order valence-electron chi connectivity index (χ0n) is 16.7. The molecule has 0 bridgehead atoms. The van der Waals surface area contributed by atoms with Crippen LogP contribution < -0.4 is 10.1 Å². The Labute approximate surface area is 170 Å². The molecule has 2 unspecified atom stereocenters. The quantitative estimate of drug-likeness (QED) is 0.708. The van der Waals surface area contributed by atoms with Gasteiger partial charge in [0.2, 0.25) is 15.9 Å². The molecule has 1 N–H and O–H groups in total. The fourth-order valence-electron chi connectivity index (χ4n) is 3.45. The van der Waals surface area contributed by atoms with Gasteiger partial charge in [-0.3, -0.25) is 4.79 Å². The highest BCUT2D eigenvalue weighted by atomic mass is 32.2. The van der Waals surface area contributed by atoms with E-state index in [1.54, 1.807) is 26.0 Å². The van der Waals surface area contributed by atoms with Gasteiger partial charge in [-0.05, 0) is 48.2 Å². The number of carbonyl (C=O) groups is 1. The van der Waals surface area contributed by atoms with Crippen molar-refractivity contribution in [2.75, 3.05) is 25.5 Å². The molecular weight excluding hydrogens is 395 g/mol. The Balaban J connectivity index is 1.80. The number of anilines is 1. The van der Waals surface area contributed by atoms with Gasteiger partial charge in [0, 0.05) is 19.0 Å². The van der Waals surface area contributed by atoms with Crippen molar-refractivity contribution >= 4 is 21.6 Å². The number of nitrogens with zero attached hydrogens (tertiary/aromatic N) is 1. The van der Waals surface area contributed by atoms with Gasteiger partial charge in [0.25, 0.3) is 0 Å². The van der Waals surface area contributed by atoms with E-state index in [-0.39, 0.29) is 28.5 Å². The molecule has 0 heterocycles. The van der Waals surface area contributed by atoms with Gasteiger partial charge >= 0.3 is 0 Å². The molecule has 0 saturated heterocycles. The van der Waals surface area contributed by atoms with Crippen LogP contribution in [-0.2, 0) is 14.8 Å². The van der Waals surface area contributed by atoms with Crippen molar-refractivity contribution in [1.29, 1.82) is 0 Å². The molecule has 156 valence electrons. The summed E-state index contributed by atoms with van der Waals surface area (Å²) in [5.74, 6) is -0.352. The molecule has 2 aromatic rings. The molecule has 2 atom stereocenters. The van der Waals surface area contributed by atoms with Crippen LogP contribution in [0.25, 0.3) is 0 Å². The van der Waals surface area contributed by atoms with Crippen LogP contribution in [0, 0.1) is 11.7 Å². The number of methoxy groups -OCH3 is 1. The number of carbonyl (C=O) groups excluding carboxylic acids is 1. The lowest BCUT2D eigenvalue weighted by Gasteiger charge is -2.19. The average molecular weight is 421 g/mol. The lowest BCUT2D eigenvalue weighted by atomic mass is 10.1. The minimum absolute atomic E-state index is 0.0317. The second kappa shape index (κ2) is 8.51. The first-order valence-electron chi connectivity index (χ1n) is 9.56. The number of hydrogen-bond donors (Lipinski definition) is 1. The normalized spacial score (nSPS) is 18.5. The number of halogens is 1. The lowest BCUT2D eigenvalue weighted by Crippen LogP contribution is -2.30. The van der Waals surface area contributed by atoms with Crippen LogP contribution in [0.3, 0.4) is 0 Å². The fraction of sp³-hybridized carbons (Fsp3) is 0.381. The summed E-state index contributed by atoms with van der Waals surface area (Å²) in [5, 5.41) is 2.80. The summed E-state index contributed by atoms with van der Waals surface area (Å²) >= 11 is 0. The van der Waals surface area contributed by atoms with E-state index in [0.717, 1.165) is 5.56 Å². The Bertz CT molecular complexity index is 988. The molecule has 8 heteroatoms. The standard InChI is InChI=1S/C21H25FN2O4S/c1-4-24(5-2)29(26,27)16-10-11-20(28-3)19(12-16)23-21(25)18-13-17(18)14-6-8-15(22)9-7-14/h6-12,17-18H,4-5,13H2,1-3H3,(H,23,25). The third-order valence-electron chi connectivity index (χ3n) is 5.20. The van der Waals surface area contributed by atoms with Gasteiger partial charge in [-0.2, -0.15) is 4.31 Å². The first-order valence-corrected chi connectivity index (χ1v) is 11.0. The Morgan fingerprint density at radius 1 is 1.17 bits per heavy atom. The molecule has 1 aliphatic carbocycles. The number of ether oxygens (including phenoxy) is 1. The van der Waals surface area contributed by atoms with Gasteiger partial charge in [-0.25, -0.2) is 12.8 Å². The van der Waals surface area contributed by atoms with Crippen LogP contribution in [-0.4, -0.2) is 38.8 Å². The van der Waals surface area contributed by atoms with E-state index in [9.17, 15) is 17.6 Å². The van der Waals surface area contributed by atoms with Gasteiger partial charge in [-0.1, -0.05) is 26.0 Å². The molecule has 2 aromatic carbocycles. The maximum Gasteiger partial charge on any atom is 0.243 e. The maximum absolute atomic E-state index is 13.1.